The maximum Gasteiger partial charge on any atom is 0.243 e. The predicted octanol–water partition coefficient (Wildman–Crippen LogP) is 3.00. The zero-order valence-electron chi connectivity index (χ0n) is 17.2. The van der Waals surface area contributed by atoms with Crippen molar-refractivity contribution in [3.05, 3.63) is 60.2 Å². The van der Waals surface area contributed by atoms with Crippen LogP contribution in [0.1, 0.15) is 31.7 Å². The zero-order valence-corrected chi connectivity index (χ0v) is 17.2. The highest BCUT2D eigenvalue weighted by Crippen LogP contribution is 2.17. The molecule has 0 unspecified atom stereocenters. The van der Waals surface area contributed by atoms with Gasteiger partial charge in [0.05, 0.1) is 25.4 Å². The van der Waals surface area contributed by atoms with E-state index < -0.39 is 0 Å². The first-order chi connectivity index (χ1) is 14.7. The molecule has 0 aromatic heterocycles. The molecular formula is C23H27N3O4. The van der Waals surface area contributed by atoms with Gasteiger partial charge in [-0.15, -0.1) is 0 Å². The molecule has 0 spiro atoms. The minimum atomic E-state index is -0.176. The number of ether oxygens (including phenoxy) is 2. The largest absolute Gasteiger partial charge is 0.494 e. The molecule has 30 heavy (non-hydrogen) atoms. The summed E-state index contributed by atoms with van der Waals surface area (Å²) in [5.41, 5.74) is 1.93. The summed E-state index contributed by atoms with van der Waals surface area (Å²) in [5, 5.41) is 8.64. The molecule has 1 N–H and O–H groups in total. The second kappa shape index (κ2) is 11.0. The van der Waals surface area contributed by atoms with Crippen molar-refractivity contribution in [2.24, 2.45) is 5.10 Å². The number of amides is 2. The van der Waals surface area contributed by atoms with Crippen LogP contribution < -0.4 is 14.8 Å². The van der Waals surface area contributed by atoms with Crippen molar-refractivity contribution in [3.8, 4) is 11.5 Å². The maximum atomic E-state index is 12.3. The minimum absolute atomic E-state index is 0.134. The Balaban J connectivity index is 1.33. The molecule has 0 fully saturated rings. The summed E-state index contributed by atoms with van der Waals surface area (Å²) in [6.07, 6.45) is 0.997. The van der Waals surface area contributed by atoms with E-state index >= 15 is 0 Å². The monoisotopic (exact) mass is 409 g/mol. The quantitative estimate of drug-likeness (QED) is 0.612. The molecule has 0 saturated carbocycles. The number of carbonyl (C=O) groups excluding carboxylic acids is 2. The lowest BCUT2D eigenvalue weighted by Gasteiger charge is -2.11. The molecule has 0 bridgehead atoms. The molecule has 2 aromatic carbocycles. The van der Waals surface area contributed by atoms with Crippen LogP contribution in [-0.2, 0) is 9.59 Å². The third-order valence-corrected chi connectivity index (χ3v) is 4.59. The molecule has 2 aromatic rings. The molecule has 0 saturated heterocycles. The number of carbonyl (C=O) groups is 2. The van der Waals surface area contributed by atoms with Crippen molar-refractivity contribution in [1.29, 1.82) is 0 Å². The highest BCUT2D eigenvalue weighted by molar-refractivity contribution is 6.02. The fraction of sp³-hybridized carbons (Fsp3) is 0.348. The van der Waals surface area contributed by atoms with Gasteiger partial charge in [0, 0.05) is 19.3 Å². The predicted molar refractivity (Wildman–Crippen MR) is 115 cm³/mol. The SMILES string of the molecule is CCOc1ccc(OCCNC(=O)CCC(=O)N2CCC(c3ccccc3)=N2)cc1. The molecule has 0 atom stereocenters. The van der Waals surface area contributed by atoms with Crippen molar-refractivity contribution >= 4 is 17.5 Å². The zero-order chi connectivity index (χ0) is 21.2. The Morgan fingerprint density at radius 2 is 1.70 bits per heavy atom. The van der Waals surface area contributed by atoms with E-state index in [9.17, 15) is 9.59 Å². The summed E-state index contributed by atoms with van der Waals surface area (Å²) in [5.74, 6) is 1.19. The maximum absolute atomic E-state index is 12.3. The first kappa shape index (κ1) is 21.4. The van der Waals surface area contributed by atoms with Gasteiger partial charge in [-0.1, -0.05) is 30.3 Å². The second-order valence-electron chi connectivity index (χ2n) is 6.78. The van der Waals surface area contributed by atoms with Gasteiger partial charge < -0.3 is 14.8 Å². The van der Waals surface area contributed by atoms with Crippen LogP contribution in [0.3, 0.4) is 0 Å². The minimum Gasteiger partial charge on any atom is -0.494 e. The number of hydrogen-bond acceptors (Lipinski definition) is 5. The van der Waals surface area contributed by atoms with Gasteiger partial charge in [0.15, 0.2) is 0 Å². The Morgan fingerprint density at radius 1 is 1.00 bits per heavy atom. The molecule has 0 aliphatic carbocycles. The van der Waals surface area contributed by atoms with Crippen LogP contribution in [0, 0.1) is 0 Å². The molecule has 0 radical (unpaired) electrons. The molecule has 1 heterocycles. The highest BCUT2D eigenvalue weighted by Gasteiger charge is 2.21. The van der Waals surface area contributed by atoms with E-state index in [2.05, 4.69) is 10.4 Å². The van der Waals surface area contributed by atoms with Crippen LogP contribution in [0.4, 0.5) is 0 Å². The Bertz CT molecular complexity index is 866. The molecule has 7 heteroatoms. The summed E-state index contributed by atoms with van der Waals surface area (Å²) in [4.78, 5) is 24.3. The van der Waals surface area contributed by atoms with E-state index in [1.807, 2.05) is 61.5 Å². The summed E-state index contributed by atoms with van der Waals surface area (Å²) in [6, 6.07) is 17.1. The van der Waals surface area contributed by atoms with E-state index in [1.54, 1.807) is 0 Å². The lowest BCUT2D eigenvalue weighted by Crippen LogP contribution is -2.30. The van der Waals surface area contributed by atoms with E-state index in [-0.39, 0.29) is 24.7 Å². The van der Waals surface area contributed by atoms with E-state index in [0.29, 0.717) is 32.1 Å². The fourth-order valence-corrected chi connectivity index (χ4v) is 3.07. The molecule has 3 rings (SSSR count). The number of nitrogens with one attached hydrogen (secondary N) is 1. The van der Waals surface area contributed by atoms with Crippen LogP contribution >= 0.6 is 0 Å². The van der Waals surface area contributed by atoms with Gasteiger partial charge in [0.25, 0.3) is 0 Å². The Hall–Kier alpha value is -3.35. The van der Waals surface area contributed by atoms with Gasteiger partial charge >= 0.3 is 0 Å². The fourth-order valence-electron chi connectivity index (χ4n) is 3.07. The van der Waals surface area contributed by atoms with Crippen LogP contribution in [0.25, 0.3) is 0 Å². The van der Waals surface area contributed by atoms with Crippen molar-refractivity contribution < 1.29 is 19.1 Å². The van der Waals surface area contributed by atoms with Crippen LogP contribution in [-0.4, -0.2) is 48.8 Å². The van der Waals surface area contributed by atoms with Gasteiger partial charge in [-0.25, -0.2) is 5.01 Å². The van der Waals surface area contributed by atoms with E-state index in [0.717, 1.165) is 23.4 Å². The molecule has 1 aliphatic heterocycles. The third kappa shape index (κ3) is 6.34. The second-order valence-corrected chi connectivity index (χ2v) is 6.78. The normalized spacial score (nSPS) is 13.0. The average molecular weight is 409 g/mol. The van der Waals surface area contributed by atoms with Crippen LogP contribution in [0.15, 0.2) is 59.7 Å². The molecule has 158 valence electrons. The van der Waals surface area contributed by atoms with Crippen LogP contribution in [0.2, 0.25) is 0 Å². The van der Waals surface area contributed by atoms with Crippen molar-refractivity contribution in [3.63, 3.8) is 0 Å². The van der Waals surface area contributed by atoms with Crippen molar-refractivity contribution in [2.75, 3.05) is 26.3 Å². The molecule has 7 nitrogen and oxygen atoms in total. The van der Waals surface area contributed by atoms with E-state index in [1.165, 1.54) is 5.01 Å². The standard InChI is InChI=1S/C23H27N3O4/c1-2-29-19-8-10-20(11-9-19)30-17-15-24-22(27)12-13-23(28)26-16-14-21(25-26)18-6-4-3-5-7-18/h3-11H,2,12-17H2,1H3,(H,24,27). The topological polar surface area (TPSA) is 80.2 Å². The lowest BCUT2D eigenvalue weighted by atomic mass is 10.1. The number of benzene rings is 2. The van der Waals surface area contributed by atoms with Gasteiger partial charge in [-0.3, -0.25) is 9.59 Å². The average Bonchev–Trinajstić information content (AvgIpc) is 3.27. The molecular weight excluding hydrogens is 382 g/mol. The smallest absolute Gasteiger partial charge is 0.243 e. The van der Waals surface area contributed by atoms with Crippen molar-refractivity contribution in [2.45, 2.75) is 26.2 Å². The number of nitrogens with zero attached hydrogens (tertiary/aromatic N) is 2. The van der Waals surface area contributed by atoms with Crippen LogP contribution in [0.5, 0.6) is 11.5 Å². The van der Waals surface area contributed by atoms with Gasteiger partial charge in [0.2, 0.25) is 11.8 Å². The summed E-state index contributed by atoms with van der Waals surface area (Å²) in [7, 11) is 0. The summed E-state index contributed by atoms with van der Waals surface area (Å²) >= 11 is 0. The number of rotatable bonds is 10. The first-order valence-electron chi connectivity index (χ1n) is 10.2. The third-order valence-electron chi connectivity index (χ3n) is 4.59. The van der Waals surface area contributed by atoms with Crippen molar-refractivity contribution in [1.82, 2.24) is 10.3 Å². The summed E-state index contributed by atoms with van der Waals surface area (Å²) in [6.45, 7) is 3.83. The Kier molecular flexibility index (Phi) is 7.83. The molecule has 1 aliphatic rings. The Labute approximate surface area is 176 Å². The molecule has 2 amide bonds. The van der Waals surface area contributed by atoms with Gasteiger partial charge in [0.1, 0.15) is 18.1 Å². The lowest BCUT2D eigenvalue weighted by molar-refractivity contribution is -0.133. The van der Waals surface area contributed by atoms with E-state index in [4.69, 9.17) is 9.47 Å². The van der Waals surface area contributed by atoms with Gasteiger partial charge in [-0.2, -0.15) is 5.10 Å². The number of hydrazone groups is 1. The van der Waals surface area contributed by atoms with Gasteiger partial charge in [-0.05, 0) is 36.8 Å². The first-order valence-corrected chi connectivity index (χ1v) is 10.2. The summed E-state index contributed by atoms with van der Waals surface area (Å²) < 4.78 is 11.0. The highest BCUT2D eigenvalue weighted by atomic mass is 16.5. The number of hydrogen-bond donors (Lipinski definition) is 1. The Morgan fingerprint density at radius 3 is 2.40 bits per heavy atom.